The number of fused-ring (bicyclic) bond motifs is 1. The molecule has 3 rings (SSSR count). The molecule has 0 N–H and O–H groups in total. The Hall–Kier alpha value is -2.94. The van der Waals surface area contributed by atoms with Gasteiger partial charge in [0.15, 0.2) is 0 Å². The second-order valence-electron chi connectivity index (χ2n) is 8.54. The lowest BCUT2D eigenvalue weighted by Crippen LogP contribution is -2.30. The van der Waals surface area contributed by atoms with Crippen molar-refractivity contribution in [3.05, 3.63) is 52.5 Å². The molecule has 1 aliphatic heterocycles. The van der Waals surface area contributed by atoms with E-state index in [1.807, 2.05) is 0 Å². The number of esters is 1. The van der Waals surface area contributed by atoms with Gasteiger partial charge in [-0.05, 0) is 50.5 Å². The summed E-state index contributed by atoms with van der Waals surface area (Å²) in [7, 11) is 1.32. The number of hydrogen-bond donors (Lipinski definition) is 0. The fraction of sp³-hybridized carbons (Fsp3) is 0.417. The van der Waals surface area contributed by atoms with E-state index in [0.717, 1.165) is 5.56 Å². The van der Waals surface area contributed by atoms with Gasteiger partial charge < -0.3 is 19.1 Å². The van der Waals surface area contributed by atoms with Crippen LogP contribution < -0.4 is 14.4 Å². The van der Waals surface area contributed by atoms with E-state index in [9.17, 15) is 22.8 Å². The lowest BCUT2D eigenvalue weighted by molar-refractivity contribution is -0.274. The minimum atomic E-state index is -4.82. The van der Waals surface area contributed by atoms with Gasteiger partial charge in [-0.1, -0.05) is 23.7 Å². The number of rotatable bonds is 8. The van der Waals surface area contributed by atoms with Crippen LogP contribution in [0.2, 0.25) is 5.02 Å². The summed E-state index contributed by atoms with van der Waals surface area (Å²) in [5, 5.41) is 0.416. The molecule has 1 amide bonds. The molecule has 0 bridgehead atoms. The van der Waals surface area contributed by atoms with Gasteiger partial charge in [0, 0.05) is 23.2 Å². The first-order valence-electron chi connectivity index (χ1n) is 10.6. The summed E-state index contributed by atoms with van der Waals surface area (Å²) in [5.41, 5.74) is 0.976. The fourth-order valence-corrected chi connectivity index (χ4v) is 3.84. The number of anilines is 1. The average Bonchev–Trinajstić information content (AvgIpc) is 3.17. The molecule has 2 aromatic carbocycles. The van der Waals surface area contributed by atoms with Crippen molar-refractivity contribution >= 4 is 29.2 Å². The summed E-state index contributed by atoms with van der Waals surface area (Å²) < 4.78 is 52.4. The van der Waals surface area contributed by atoms with Gasteiger partial charge in [-0.3, -0.25) is 9.59 Å². The number of amides is 1. The molecular formula is C24H25ClF3NO5. The summed E-state index contributed by atoms with van der Waals surface area (Å²) in [6.45, 7) is 4.02. The molecule has 0 saturated carbocycles. The van der Waals surface area contributed by atoms with E-state index < -0.39 is 11.8 Å². The molecule has 0 unspecified atom stereocenters. The van der Waals surface area contributed by atoms with E-state index in [1.54, 1.807) is 32.0 Å². The largest absolute Gasteiger partial charge is 0.573 e. The number of nitrogens with zero attached hydrogens (tertiary/aromatic N) is 1. The quantitative estimate of drug-likeness (QED) is 0.459. The standard InChI is InChI=1S/C24H25ClF3NO5/c1-23(2,22(31)32-3)9-11-33-20-13-17(25)6-4-16(20)12-21(30)29-10-8-15-5-7-18(14-19(15)29)34-24(26,27)28/h4-7,13-14H,8-12H2,1-3H3. The van der Waals surface area contributed by atoms with Gasteiger partial charge in [-0.15, -0.1) is 13.2 Å². The van der Waals surface area contributed by atoms with Crippen LogP contribution in [-0.4, -0.2) is 38.5 Å². The highest BCUT2D eigenvalue weighted by Crippen LogP contribution is 2.35. The summed E-state index contributed by atoms with van der Waals surface area (Å²) in [6.07, 6.45) is -3.96. The Labute approximate surface area is 200 Å². The molecular weight excluding hydrogens is 475 g/mol. The molecule has 0 fully saturated rings. The number of methoxy groups -OCH3 is 1. The summed E-state index contributed by atoms with van der Waals surface area (Å²) >= 11 is 6.10. The first kappa shape index (κ1) is 25.7. The second kappa shape index (κ2) is 10.1. The van der Waals surface area contributed by atoms with E-state index in [0.29, 0.717) is 41.4 Å². The molecule has 0 atom stereocenters. The number of carbonyl (C=O) groups is 2. The number of benzene rings is 2. The molecule has 184 valence electrons. The molecule has 34 heavy (non-hydrogen) atoms. The van der Waals surface area contributed by atoms with Crippen LogP contribution >= 0.6 is 11.6 Å². The van der Waals surface area contributed by atoms with E-state index in [-0.39, 0.29) is 30.7 Å². The maximum atomic E-state index is 13.1. The summed E-state index contributed by atoms with van der Waals surface area (Å²) in [5.74, 6) is -0.645. The van der Waals surface area contributed by atoms with Crippen molar-refractivity contribution in [2.45, 2.75) is 39.5 Å². The van der Waals surface area contributed by atoms with Crippen molar-refractivity contribution in [3.8, 4) is 11.5 Å². The van der Waals surface area contributed by atoms with Gasteiger partial charge in [0.05, 0.1) is 31.2 Å². The Morgan fingerprint density at radius 1 is 1.12 bits per heavy atom. The van der Waals surface area contributed by atoms with Gasteiger partial charge in [-0.25, -0.2) is 0 Å². The third kappa shape index (κ3) is 6.34. The van der Waals surface area contributed by atoms with Crippen LogP contribution in [0.15, 0.2) is 36.4 Å². The van der Waals surface area contributed by atoms with E-state index in [4.69, 9.17) is 21.1 Å². The van der Waals surface area contributed by atoms with Crippen LogP contribution in [0.1, 0.15) is 31.4 Å². The maximum Gasteiger partial charge on any atom is 0.573 e. The third-order valence-electron chi connectivity index (χ3n) is 5.58. The Morgan fingerprint density at radius 3 is 2.53 bits per heavy atom. The van der Waals surface area contributed by atoms with Crippen molar-refractivity contribution < 1.29 is 37.0 Å². The topological polar surface area (TPSA) is 65.1 Å². The van der Waals surface area contributed by atoms with Crippen LogP contribution in [0.5, 0.6) is 11.5 Å². The van der Waals surface area contributed by atoms with Crippen LogP contribution in [0.3, 0.4) is 0 Å². The van der Waals surface area contributed by atoms with Crippen molar-refractivity contribution in [1.29, 1.82) is 0 Å². The van der Waals surface area contributed by atoms with Gasteiger partial charge in [0.25, 0.3) is 0 Å². The van der Waals surface area contributed by atoms with Crippen LogP contribution in [0.4, 0.5) is 18.9 Å². The molecule has 0 radical (unpaired) electrons. The van der Waals surface area contributed by atoms with Crippen molar-refractivity contribution in [2.75, 3.05) is 25.2 Å². The Kier molecular flexibility index (Phi) is 7.65. The minimum Gasteiger partial charge on any atom is -0.493 e. The third-order valence-corrected chi connectivity index (χ3v) is 5.82. The highest BCUT2D eigenvalue weighted by molar-refractivity contribution is 6.30. The van der Waals surface area contributed by atoms with Crippen LogP contribution in [0, 0.1) is 5.41 Å². The summed E-state index contributed by atoms with van der Waals surface area (Å²) in [4.78, 5) is 26.4. The van der Waals surface area contributed by atoms with Gasteiger partial charge in [0.1, 0.15) is 11.5 Å². The molecule has 0 spiro atoms. The minimum absolute atomic E-state index is 0.0449. The number of ether oxygens (including phenoxy) is 3. The lowest BCUT2D eigenvalue weighted by Gasteiger charge is -2.22. The molecule has 1 aliphatic rings. The van der Waals surface area contributed by atoms with E-state index >= 15 is 0 Å². The lowest BCUT2D eigenvalue weighted by atomic mass is 9.90. The highest BCUT2D eigenvalue weighted by atomic mass is 35.5. The summed E-state index contributed by atoms with van der Waals surface area (Å²) in [6, 6.07) is 8.87. The first-order chi connectivity index (χ1) is 15.9. The Morgan fingerprint density at radius 2 is 1.85 bits per heavy atom. The first-order valence-corrected chi connectivity index (χ1v) is 11.0. The zero-order valence-electron chi connectivity index (χ0n) is 19.0. The number of hydrogen-bond acceptors (Lipinski definition) is 5. The van der Waals surface area contributed by atoms with E-state index in [2.05, 4.69) is 4.74 Å². The molecule has 10 heteroatoms. The predicted octanol–water partition coefficient (Wildman–Crippen LogP) is 5.34. The van der Waals surface area contributed by atoms with Crippen LogP contribution in [-0.2, 0) is 27.2 Å². The van der Waals surface area contributed by atoms with E-state index in [1.165, 1.54) is 30.2 Å². The molecule has 1 heterocycles. The normalized spacial score (nSPS) is 13.4. The van der Waals surface area contributed by atoms with Crippen molar-refractivity contribution in [1.82, 2.24) is 0 Å². The zero-order valence-corrected chi connectivity index (χ0v) is 19.8. The zero-order chi connectivity index (χ0) is 25.1. The predicted molar refractivity (Wildman–Crippen MR) is 120 cm³/mol. The number of carbonyl (C=O) groups excluding carboxylic acids is 2. The van der Waals surface area contributed by atoms with Crippen LogP contribution in [0.25, 0.3) is 0 Å². The second-order valence-corrected chi connectivity index (χ2v) is 8.97. The fourth-order valence-electron chi connectivity index (χ4n) is 3.68. The Bertz CT molecular complexity index is 1070. The van der Waals surface area contributed by atoms with Crippen molar-refractivity contribution in [2.24, 2.45) is 5.41 Å². The monoisotopic (exact) mass is 499 g/mol. The molecule has 2 aromatic rings. The number of alkyl halides is 3. The number of halogens is 4. The van der Waals surface area contributed by atoms with Gasteiger partial charge in [-0.2, -0.15) is 0 Å². The van der Waals surface area contributed by atoms with Gasteiger partial charge in [0.2, 0.25) is 5.91 Å². The SMILES string of the molecule is COC(=O)C(C)(C)CCOc1cc(Cl)ccc1CC(=O)N1CCc2ccc(OC(F)(F)F)cc21. The molecule has 0 aromatic heterocycles. The highest BCUT2D eigenvalue weighted by Gasteiger charge is 2.33. The van der Waals surface area contributed by atoms with Crippen molar-refractivity contribution in [3.63, 3.8) is 0 Å². The maximum absolute atomic E-state index is 13.1. The molecule has 0 saturated heterocycles. The average molecular weight is 500 g/mol. The molecule has 6 nitrogen and oxygen atoms in total. The molecule has 0 aliphatic carbocycles. The smallest absolute Gasteiger partial charge is 0.493 e. The van der Waals surface area contributed by atoms with Gasteiger partial charge >= 0.3 is 12.3 Å². The Balaban J connectivity index is 1.73.